The Bertz CT molecular complexity index is 987. The van der Waals surface area contributed by atoms with Crippen LogP contribution in [0.1, 0.15) is 16.8 Å². The molecule has 3 rings (SSSR count). The van der Waals surface area contributed by atoms with E-state index in [-0.39, 0.29) is 31.4 Å². The zero-order chi connectivity index (χ0) is 21.7. The van der Waals surface area contributed by atoms with Gasteiger partial charge < -0.3 is 14.6 Å². The highest BCUT2D eigenvalue weighted by molar-refractivity contribution is 7.94. The van der Waals surface area contributed by atoms with E-state index in [1.165, 1.54) is 18.2 Å². The van der Waals surface area contributed by atoms with Gasteiger partial charge in [0, 0.05) is 25.7 Å². The van der Waals surface area contributed by atoms with Crippen molar-refractivity contribution in [1.82, 2.24) is 4.90 Å². The van der Waals surface area contributed by atoms with E-state index in [4.69, 9.17) is 32.7 Å². The maximum absolute atomic E-state index is 12.4. The summed E-state index contributed by atoms with van der Waals surface area (Å²) in [6.07, 6.45) is 0.663. The average Bonchev–Trinajstić information content (AvgIpc) is 3.05. The van der Waals surface area contributed by atoms with Gasteiger partial charge in [0.25, 0.3) is 10.0 Å². The highest BCUT2D eigenvalue weighted by atomic mass is 35.5. The van der Waals surface area contributed by atoms with Gasteiger partial charge in [0.05, 0.1) is 30.5 Å². The number of ether oxygens (including phenoxy) is 2. The standard InChI is InChI=1S/C18H20Cl2N2O6S2/c19-14-11-16(29-17(14)20)30(25,26)21-12-2-3-13(15(23)10-12)18(24)28-7-1-4-22-5-8-27-9-6-22/h2-3,10-11,21,23H,1,4-9H2. The van der Waals surface area contributed by atoms with Crippen molar-refractivity contribution < 1.29 is 27.8 Å². The van der Waals surface area contributed by atoms with E-state index in [1.807, 2.05) is 0 Å². The molecule has 164 valence electrons. The van der Waals surface area contributed by atoms with Gasteiger partial charge in [0.1, 0.15) is 19.9 Å². The molecule has 12 heteroatoms. The minimum Gasteiger partial charge on any atom is -0.507 e. The Morgan fingerprint density at radius 3 is 2.63 bits per heavy atom. The summed E-state index contributed by atoms with van der Waals surface area (Å²) in [5.74, 6) is -1.07. The van der Waals surface area contributed by atoms with Crippen LogP contribution in [0.5, 0.6) is 5.75 Å². The maximum atomic E-state index is 12.4. The third-order valence-electron chi connectivity index (χ3n) is 4.31. The number of nitrogens with zero attached hydrogens (tertiary/aromatic N) is 1. The molecule has 0 unspecified atom stereocenters. The predicted molar refractivity (Wildman–Crippen MR) is 115 cm³/mol. The first kappa shape index (κ1) is 23.1. The van der Waals surface area contributed by atoms with Crippen LogP contribution in [0.25, 0.3) is 0 Å². The molecule has 0 atom stereocenters. The van der Waals surface area contributed by atoms with Gasteiger partial charge in [-0.1, -0.05) is 23.2 Å². The maximum Gasteiger partial charge on any atom is 0.341 e. The number of hydrogen-bond acceptors (Lipinski definition) is 8. The van der Waals surface area contributed by atoms with Crippen LogP contribution in [0.15, 0.2) is 28.5 Å². The summed E-state index contributed by atoms with van der Waals surface area (Å²) in [4.78, 5) is 14.4. The van der Waals surface area contributed by atoms with Crippen LogP contribution >= 0.6 is 34.5 Å². The Labute approximate surface area is 188 Å². The Hall–Kier alpha value is -1.56. The molecule has 0 radical (unpaired) electrons. The molecule has 2 aromatic rings. The van der Waals surface area contributed by atoms with Crippen molar-refractivity contribution in [3.63, 3.8) is 0 Å². The number of anilines is 1. The lowest BCUT2D eigenvalue weighted by molar-refractivity contribution is 0.0297. The first-order valence-corrected chi connectivity index (χ1v) is 12.1. The van der Waals surface area contributed by atoms with Gasteiger partial charge in [-0.05, 0) is 24.6 Å². The molecule has 1 aliphatic heterocycles. The van der Waals surface area contributed by atoms with Crippen molar-refractivity contribution in [2.24, 2.45) is 0 Å². The number of hydrogen-bond donors (Lipinski definition) is 2. The topological polar surface area (TPSA) is 105 Å². The number of carbonyl (C=O) groups excluding carboxylic acids is 1. The van der Waals surface area contributed by atoms with Crippen molar-refractivity contribution in [3.8, 4) is 5.75 Å². The number of morpholine rings is 1. The molecule has 1 aromatic heterocycles. The van der Waals surface area contributed by atoms with E-state index >= 15 is 0 Å². The Morgan fingerprint density at radius 2 is 2.00 bits per heavy atom. The van der Waals surface area contributed by atoms with Crippen molar-refractivity contribution >= 4 is 56.2 Å². The van der Waals surface area contributed by atoms with Gasteiger partial charge in [0.15, 0.2) is 0 Å². The van der Waals surface area contributed by atoms with Crippen LogP contribution < -0.4 is 4.72 Å². The number of phenols is 1. The number of benzene rings is 1. The Kier molecular flexibility index (Phi) is 7.83. The molecule has 2 heterocycles. The molecular weight excluding hydrogens is 475 g/mol. The van der Waals surface area contributed by atoms with Gasteiger partial charge in [-0.3, -0.25) is 9.62 Å². The highest BCUT2D eigenvalue weighted by Gasteiger charge is 2.21. The highest BCUT2D eigenvalue weighted by Crippen LogP contribution is 2.35. The van der Waals surface area contributed by atoms with Gasteiger partial charge in [-0.15, -0.1) is 11.3 Å². The second kappa shape index (κ2) is 10.2. The smallest absolute Gasteiger partial charge is 0.341 e. The van der Waals surface area contributed by atoms with Crippen molar-refractivity contribution in [3.05, 3.63) is 39.2 Å². The molecular formula is C18H20Cl2N2O6S2. The quantitative estimate of drug-likeness (QED) is 0.427. The molecule has 1 fully saturated rings. The normalized spacial score (nSPS) is 15.1. The molecule has 30 heavy (non-hydrogen) atoms. The Morgan fingerprint density at radius 1 is 1.27 bits per heavy atom. The number of sulfonamides is 1. The monoisotopic (exact) mass is 494 g/mol. The van der Waals surface area contributed by atoms with Crippen LogP contribution in [0.2, 0.25) is 9.36 Å². The van der Waals surface area contributed by atoms with Gasteiger partial charge in [-0.25, -0.2) is 13.2 Å². The van der Waals surface area contributed by atoms with E-state index in [0.717, 1.165) is 37.0 Å². The first-order valence-electron chi connectivity index (χ1n) is 9.04. The molecule has 0 saturated carbocycles. The number of aromatic hydroxyl groups is 1. The molecule has 2 N–H and O–H groups in total. The summed E-state index contributed by atoms with van der Waals surface area (Å²) in [6.45, 7) is 4.13. The minimum absolute atomic E-state index is 0.0495. The summed E-state index contributed by atoms with van der Waals surface area (Å²) >= 11 is 12.4. The lowest BCUT2D eigenvalue weighted by atomic mass is 10.2. The summed E-state index contributed by atoms with van der Waals surface area (Å²) in [5, 5.41) is 10.3. The fraction of sp³-hybridized carbons (Fsp3) is 0.389. The van der Waals surface area contributed by atoms with E-state index in [0.29, 0.717) is 19.6 Å². The molecule has 0 spiro atoms. The predicted octanol–water partition coefficient (Wildman–Crippen LogP) is 3.44. The summed E-state index contributed by atoms with van der Waals surface area (Å²) in [5.41, 5.74) is 0.0311. The number of halogens is 2. The van der Waals surface area contributed by atoms with Crippen molar-refractivity contribution in [2.75, 3.05) is 44.2 Å². The number of thiophene rings is 1. The summed E-state index contributed by atoms with van der Waals surface area (Å²) in [6, 6.07) is 5.03. The fourth-order valence-electron chi connectivity index (χ4n) is 2.79. The Balaban J connectivity index is 1.55. The van der Waals surface area contributed by atoms with E-state index in [1.54, 1.807) is 0 Å². The lowest BCUT2D eigenvalue weighted by Gasteiger charge is -2.26. The lowest BCUT2D eigenvalue weighted by Crippen LogP contribution is -2.37. The molecule has 1 aliphatic rings. The fourth-order valence-corrected chi connectivity index (χ4v) is 5.72. The number of carbonyl (C=O) groups is 1. The SMILES string of the molecule is O=C(OCCCN1CCOCC1)c1ccc(NS(=O)(=O)c2cc(Cl)c(Cl)s2)cc1O. The number of esters is 1. The van der Waals surface area contributed by atoms with Crippen LogP contribution in [-0.2, 0) is 19.5 Å². The third-order valence-corrected chi connectivity index (χ3v) is 8.03. The largest absolute Gasteiger partial charge is 0.507 e. The van der Waals surface area contributed by atoms with Crippen LogP contribution in [0, 0.1) is 0 Å². The minimum atomic E-state index is -3.93. The van der Waals surface area contributed by atoms with E-state index in [9.17, 15) is 18.3 Å². The zero-order valence-corrected chi connectivity index (χ0v) is 18.9. The summed E-state index contributed by atoms with van der Waals surface area (Å²) < 4.78 is 37.7. The first-order chi connectivity index (χ1) is 14.3. The second-order valence-electron chi connectivity index (χ2n) is 6.47. The molecule has 1 saturated heterocycles. The van der Waals surface area contributed by atoms with E-state index < -0.39 is 21.7 Å². The molecule has 0 amide bonds. The average molecular weight is 495 g/mol. The molecule has 0 aliphatic carbocycles. The van der Waals surface area contributed by atoms with Gasteiger partial charge >= 0.3 is 5.97 Å². The third kappa shape index (κ3) is 5.99. The number of rotatable bonds is 8. The van der Waals surface area contributed by atoms with Crippen molar-refractivity contribution in [1.29, 1.82) is 0 Å². The molecule has 8 nitrogen and oxygen atoms in total. The van der Waals surface area contributed by atoms with Crippen LogP contribution in [0.4, 0.5) is 5.69 Å². The van der Waals surface area contributed by atoms with Crippen molar-refractivity contribution in [2.45, 2.75) is 10.6 Å². The number of phenolic OH excluding ortho intramolecular Hbond substituents is 1. The molecule has 1 aromatic carbocycles. The number of nitrogens with one attached hydrogen (secondary N) is 1. The van der Waals surface area contributed by atoms with Crippen LogP contribution in [-0.4, -0.2) is 63.8 Å². The summed E-state index contributed by atoms with van der Waals surface area (Å²) in [7, 11) is -3.93. The van der Waals surface area contributed by atoms with Crippen LogP contribution in [0.3, 0.4) is 0 Å². The van der Waals surface area contributed by atoms with Gasteiger partial charge in [0.2, 0.25) is 0 Å². The second-order valence-corrected chi connectivity index (χ2v) is 10.4. The zero-order valence-electron chi connectivity index (χ0n) is 15.8. The van der Waals surface area contributed by atoms with E-state index in [2.05, 4.69) is 9.62 Å². The molecule has 0 bridgehead atoms. The van der Waals surface area contributed by atoms with Gasteiger partial charge in [-0.2, -0.15) is 0 Å².